The fourth-order valence-corrected chi connectivity index (χ4v) is 3.54. The molecule has 0 spiro atoms. The van der Waals surface area contributed by atoms with Crippen LogP contribution in [0.15, 0.2) is 60.9 Å². The maximum Gasteiger partial charge on any atom is 0.119 e. The normalized spacial score (nSPS) is 11.1. The number of ether oxygens (including phenoxy) is 1. The summed E-state index contributed by atoms with van der Waals surface area (Å²) in [6.45, 7) is 2.61. The first-order chi connectivity index (χ1) is 14.2. The third-order valence-corrected chi connectivity index (χ3v) is 5.09. The second-order valence-corrected chi connectivity index (χ2v) is 7.28. The lowest BCUT2D eigenvalue weighted by Gasteiger charge is -2.14. The molecule has 0 radical (unpaired) electrons. The van der Waals surface area contributed by atoms with E-state index in [9.17, 15) is 0 Å². The van der Waals surface area contributed by atoms with E-state index >= 15 is 0 Å². The number of benzene rings is 2. The monoisotopic (exact) mass is 406 g/mol. The maximum absolute atomic E-state index is 6.19. The molecule has 2 aromatic heterocycles. The van der Waals surface area contributed by atoms with Crippen LogP contribution in [-0.2, 0) is 6.54 Å². The van der Waals surface area contributed by atoms with Crippen molar-refractivity contribution in [2.45, 2.75) is 13.0 Å². The number of anilines is 1. The molecule has 0 unspecified atom stereocenters. The minimum Gasteiger partial charge on any atom is -0.497 e. The minimum atomic E-state index is 0.684. The Morgan fingerprint density at radius 3 is 2.62 bits per heavy atom. The Morgan fingerprint density at radius 1 is 0.931 bits per heavy atom. The zero-order chi connectivity index (χ0) is 20.1. The summed E-state index contributed by atoms with van der Waals surface area (Å²) in [5, 5.41) is 9.87. The summed E-state index contributed by atoms with van der Waals surface area (Å²) < 4.78 is 5.42. The van der Waals surface area contributed by atoms with Gasteiger partial charge in [0.05, 0.1) is 23.8 Å². The Balaban J connectivity index is 1.49. The number of halogens is 1. The molecule has 0 bridgehead atoms. The van der Waals surface area contributed by atoms with E-state index in [1.807, 2.05) is 60.9 Å². The lowest BCUT2D eigenvalue weighted by atomic mass is 10.1. The average Bonchev–Trinajstić information content (AvgIpc) is 2.75. The van der Waals surface area contributed by atoms with Gasteiger partial charge in [-0.05, 0) is 67.1 Å². The van der Waals surface area contributed by atoms with Gasteiger partial charge in [-0.3, -0.25) is 4.98 Å². The standard InChI is InChI=1S/C23H23ClN4O/c1-29-18-4-6-21-20(14-18)23(19-5-3-17(24)13-22(19)28-21)27-10-2-9-26-15-16-7-11-25-12-8-16/h3-8,11-14,26H,2,9-10,15H2,1H3,(H,27,28). The van der Waals surface area contributed by atoms with Crippen molar-refractivity contribution in [3.05, 3.63) is 71.5 Å². The molecule has 29 heavy (non-hydrogen) atoms. The SMILES string of the molecule is COc1ccc2nc3cc(Cl)ccc3c(NCCCNCc3ccncc3)c2c1. The van der Waals surface area contributed by atoms with Crippen LogP contribution in [0.5, 0.6) is 5.75 Å². The van der Waals surface area contributed by atoms with Gasteiger partial charge in [-0.1, -0.05) is 11.6 Å². The topological polar surface area (TPSA) is 59.1 Å². The number of pyridine rings is 2. The summed E-state index contributed by atoms with van der Waals surface area (Å²) in [5.41, 5.74) is 4.10. The van der Waals surface area contributed by atoms with E-state index in [-0.39, 0.29) is 0 Å². The molecule has 6 heteroatoms. The van der Waals surface area contributed by atoms with Gasteiger partial charge < -0.3 is 15.4 Å². The Morgan fingerprint density at radius 2 is 1.79 bits per heavy atom. The molecule has 0 amide bonds. The van der Waals surface area contributed by atoms with Crippen molar-refractivity contribution in [1.82, 2.24) is 15.3 Å². The highest BCUT2D eigenvalue weighted by atomic mass is 35.5. The van der Waals surface area contributed by atoms with Crippen molar-refractivity contribution in [2.75, 3.05) is 25.5 Å². The molecular formula is C23H23ClN4O. The van der Waals surface area contributed by atoms with Crippen LogP contribution in [0.25, 0.3) is 21.8 Å². The van der Waals surface area contributed by atoms with Crippen molar-refractivity contribution >= 4 is 39.1 Å². The number of hydrogen-bond acceptors (Lipinski definition) is 5. The molecule has 2 N–H and O–H groups in total. The highest BCUT2D eigenvalue weighted by Gasteiger charge is 2.10. The van der Waals surface area contributed by atoms with Crippen molar-refractivity contribution in [1.29, 1.82) is 0 Å². The molecule has 5 nitrogen and oxygen atoms in total. The van der Waals surface area contributed by atoms with Gasteiger partial charge in [-0.2, -0.15) is 0 Å². The molecule has 4 rings (SSSR count). The van der Waals surface area contributed by atoms with Gasteiger partial charge in [0.1, 0.15) is 5.75 Å². The summed E-state index contributed by atoms with van der Waals surface area (Å²) >= 11 is 6.19. The highest BCUT2D eigenvalue weighted by Crippen LogP contribution is 2.34. The summed E-state index contributed by atoms with van der Waals surface area (Å²) in [6, 6.07) is 15.8. The van der Waals surface area contributed by atoms with E-state index in [4.69, 9.17) is 21.3 Å². The predicted octanol–water partition coefficient (Wildman–Crippen LogP) is 5.04. The van der Waals surface area contributed by atoms with E-state index in [1.54, 1.807) is 7.11 Å². The summed E-state index contributed by atoms with van der Waals surface area (Å²) in [5.74, 6) is 0.815. The Bertz CT molecular complexity index is 1120. The summed E-state index contributed by atoms with van der Waals surface area (Å²) in [4.78, 5) is 8.81. The van der Waals surface area contributed by atoms with Crippen LogP contribution in [0.2, 0.25) is 5.02 Å². The van der Waals surface area contributed by atoms with Crippen molar-refractivity contribution in [2.24, 2.45) is 0 Å². The van der Waals surface area contributed by atoms with Crippen LogP contribution in [0.3, 0.4) is 0 Å². The zero-order valence-corrected chi connectivity index (χ0v) is 17.0. The average molecular weight is 407 g/mol. The van der Waals surface area contributed by atoms with Crippen LogP contribution in [0, 0.1) is 0 Å². The summed E-state index contributed by atoms with van der Waals surface area (Å²) in [6.07, 6.45) is 4.63. The fraction of sp³-hybridized carbons (Fsp3) is 0.217. The Kier molecular flexibility index (Phi) is 6.08. The first-order valence-corrected chi connectivity index (χ1v) is 10.0. The van der Waals surface area contributed by atoms with Crippen LogP contribution in [0.4, 0.5) is 5.69 Å². The molecule has 0 saturated carbocycles. The third-order valence-electron chi connectivity index (χ3n) is 4.85. The lowest BCUT2D eigenvalue weighted by molar-refractivity contribution is 0.415. The van der Waals surface area contributed by atoms with Gasteiger partial charge in [0, 0.05) is 41.3 Å². The second-order valence-electron chi connectivity index (χ2n) is 6.84. The largest absolute Gasteiger partial charge is 0.497 e. The van der Waals surface area contributed by atoms with Crippen LogP contribution < -0.4 is 15.4 Å². The van der Waals surface area contributed by atoms with Gasteiger partial charge in [0.15, 0.2) is 0 Å². The number of fused-ring (bicyclic) bond motifs is 2. The van der Waals surface area contributed by atoms with E-state index in [0.717, 1.165) is 59.3 Å². The van der Waals surface area contributed by atoms with Crippen molar-refractivity contribution < 1.29 is 4.74 Å². The van der Waals surface area contributed by atoms with Crippen LogP contribution >= 0.6 is 11.6 Å². The van der Waals surface area contributed by atoms with Gasteiger partial charge in [-0.25, -0.2) is 4.98 Å². The number of rotatable bonds is 8. The predicted molar refractivity (Wildman–Crippen MR) is 120 cm³/mol. The van der Waals surface area contributed by atoms with Crippen LogP contribution in [0.1, 0.15) is 12.0 Å². The zero-order valence-electron chi connectivity index (χ0n) is 16.3. The van der Waals surface area contributed by atoms with Gasteiger partial charge in [-0.15, -0.1) is 0 Å². The first-order valence-electron chi connectivity index (χ1n) is 9.65. The molecule has 0 aliphatic carbocycles. The molecule has 2 heterocycles. The molecule has 0 aliphatic heterocycles. The number of aromatic nitrogens is 2. The fourth-order valence-electron chi connectivity index (χ4n) is 3.37. The van der Waals surface area contributed by atoms with Gasteiger partial charge >= 0.3 is 0 Å². The molecule has 0 aliphatic rings. The lowest BCUT2D eigenvalue weighted by Crippen LogP contribution is -2.17. The van der Waals surface area contributed by atoms with E-state index < -0.39 is 0 Å². The second kappa shape index (κ2) is 9.07. The third kappa shape index (κ3) is 4.58. The van der Waals surface area contributed by atoms with Gasteiger partial charge in [0.25, 0.3) is 0 Å². The van der Waals surface area contributed by atoms with Crippen molar-refractivity contribution in [3.63, 3.8) is 0 Å². The molecule has 148 valence electrons. The maximum atomic E-state index is 6.19. The molecular weight excluding hydrogens is 384 g/mol. The molecule has 0 atom stereocenters. The minimum absolute atomic E-state index is 0.684. The van der Waals surface area contributed by atoms with Crippen LogP contribution in [-0.4, -0.2) is 30.2 Å². The number of nitrogens with zero attached hydrogens (tertiary/aromatic N) is 2. The smallest absolute Gasteiger partial charge is 0.119 e. The Hall–Kier alpha value is -2.89. The number of hydrogen-bond donors (Lipinski definition) is 2. The molecule has 0 saturated heterocycles. The van der Waals surface area contributed by atoms with E-state index in [2.05, 4.69) is 15.6 Å². The Labute approximate surface area is 175 Å². The quantitative estimate of drug-likeness (QED) is 0.317. The molecule has 4 aromatic rings. The number of nitrogens with one attached hydrogen (secondary N) is 2. The summed E-state index contributed by atoms with van der Waals surface area (Å²) in [7, 11) is 1.68. The number of methoxy groups -OCH3 is 1. The van der Waals surface area contributed by atoms with Gasteiger partial charge in [0.2, 0.25) is 0 Å². The molecule has 0 fully saturated rings. The van der Waals surface area contributed by atoms with E-state index in [0.29, 0.717) is 5.02 Å². The molecule has 2 aromatic carbocycles. The van der Waals surface area contributed by atoms with E-state index in [1.165, 1.54) is 5.56 Å². The highest BCUT2D eigenvalue weighted by molar-refractivity contribution is 6.31. The van der Waals surface area contributed by atoms with Crippen molar-refractivity contribution in [3.8, 4) is 5.75 Å². The first kappa shape index (κ1) is 19.4.